The molecule has 0 N–H and O–H groups in total. The van der Waals surface area contributed by atoms with Gasteiger partial charge in [0, 0.05) is 12.3 Å². The fraction of sp³-hybridized carbons (Fsp3) is 0.333. The van der Waals surface area contributed by atoms with Gasteiger partial charge >= 0.3 is 6.18 Å². The van der Waals surface area contributed by atoms with E-state index in [1.807, 2.05) is 0 Å². The number of nitrogens with zero attached hydrogens (tertiary/aromatic N) is 5. The third-order valence-electron chi connectivity index (χ3n) is 4.25. The van der Waals surface area contributed by atoms with Crippen LogP contribution in [-0.2, 0) is 22.8 Å². The van der Waals surface area contributed by atoms with Gasteiger partial charge in [0.05, 0.1) is 29.4 Å². The Morgan fingerprint density at radius 3 is 2.54 bits per heavy atom. The maximum Gasteiger partial charge on any atom is 0.418 e. The molecule has 0 aliphatic heterocycles. The second kappa shape index (κ2) is 7.07. The average molecular weight is 407 g/mol. The predicted octanol–water partition coefficient (Wildman–Crippen LogP) is 3.74. The predicted molar refractivity (Wildman–Crippen MR) is 96.8 cm³/mol. The van der Waals surface area contributed by atoms with E-state index in [0.717, 1.165) is 12.3 Å². The molecule has 0 amide bonds. The molecule has 0 spiro atoms. The van der Waals surface area contributed by atoms with E-state index in [2.05, 4.69) is 21.1 Å². The highest BCUT2D eigenvalue weighted by Gasteiger charge is 2.32. The van der Waals surface area contributed by atoms with Crippen LogP contribution in [0.25, 0.3) is 17.0 Å². The van der Waals surface area contributed by atoms with Gasteiger partial charge in [0.25, 0.3) is 0 Å². The molecule has 28 heavy (non-hydrogen) atoms. The van der Waals surface area contributed by atoms with Crippen molar-refractivity contribution in [2.45, 2.75) is 37.3 Å². The average Bonchev–Trinajstić information content (AvgIpc) is 3.09. The minimum Gasteiger partial charge on any atom is -0.611 e. The van der Waals surface area contributed by atoms with Crippen LogP contribution in [0.3, 0.4) is 0 Å². The van der Waals surface area contributed by atoms with E-state index in [4.69, 9.17) is 0 Å². The number of fused-ring (bicyclic) bond motifs is 1. The molecule has 6 nitrogen and oxygen atoms in total. The quantitative estimate of drug-likeness (QED) is 0.615. The van der Waals surface area contributed by atoms with Crippen LogP contribution in [0.4, 0.5) is 13.2 Å². The van der Waals surface area contributed by atoms with Crippen molar-refractivity contribution in [3.05, 3.63) is 41.9 Å². The van der Waals surface area contributed by atoms with Crippen molar-refractivity contribution in [3.63, 3.8) is 0 Å². The Hall–Kier alpha value is -2.64. The van der Waals surface area contributed by atoms with Crippen LogP contribution in [0.2, 0.25) is 0 Å². The van der Waals surface area contributed by atoms with Gasteiger partial charge in [-0.3, -0.25) is 0 Å². The summed E-state index contributed by atoms with van der Waals surface area (Å²) in [6, 6.07) is 4.70. The Labute approximate surface area is 162 Å². The lowest BCUT2D eigenvalue weighted by atomic mass is 9.87. The van der Waals surface area contributed by atoms with E-state index in [1.165, 1.54) is 16.9 Å². The number of hydrogen-bond donors (Lipinski definition) is 0. The summed E-state index contributed by atoms with van der Waals surface area (Å²) in [4.78, 5) is 8.89. The van der Waals surface area contributed by atoms with E-state index < -0.39 is 28.3 Å². The second-order valence-corrected chi connectivity index (χ2v) is 8.32. The Kier molecular flexibility index (Phi) is 5.08. The van der Waals surface area contributed by atoms with Crippen molar-refractivity contribution in [2.24, 2.45) is 0 Å². The molecule has 0 saturated heterocycles. The van der Waals surface area contributed by atoms with Gasteiger partial charge in [-0.25, -0.2) is 14.5 Å². The number of imidazole rings is 1. The molecule has 146 valence electrons. The molecule has 1 atom stereocenters. The van der Waals surface area contributed by atoms with Gasteiger partial charge in [0.15, 0.2) is 10.5 Å². The number of halogens is 3. The fourth-order valence-corrected chi connectivity index (χ4v) is 3.46. The number of hydrogen-bond acceptors (Lipinski definition) is 5. The summed E-state index contributed by atoms with van der Waals surface area (Å²) in [6.07, 6.45) is -0.884. The van der Waals surface area contributed by atoms with Crippen LogP contribution in [0.5, 0.6) is 0 Å². The number of nitriles is 1. The van der Waals surface area contributed by atoms with Crippen molar-refractivity contribution in [1.82, 2.24) is 19.6 Å². The van der Waals surface area contributed by atoms with Crippen LogP contribution in [-0.4, -0.2) is 29.9 Å². The maximum atomic E-state index is 12.9. The fourth-order valence-electron chi connectivity index (χ4n) is 2.52. The lowest BCUT2D eigenvalue weighted by Gasteiger charge is -2.18. The molecular weight excluding hydrogens is 391 g/mol. The molecule has 10 heteroatoms. The Balaban J connectivity index is 2.16. The molecule has 0 saturated carbocycles. The van der Waals surface area contributed by atoms with Crippen molar-refractivity contribution in [2.75, 3.05) is 5.75 Å². The molecule has 3 aromatic heterocycles. The molecule has 3 heterocycles. The molecular formula is C18H16F3N5OS. The molecule has 1 unspecified atom stereocenters. The summed E-state index contributed by atoms with van der Waals surface area (Å²) < 4.78 is 52.5. The summed E-state index contributed by atoms with van der Waals surface area (Å²) in [6.45, 7) is 5.18. The van der Waals surface area contributed by atoms with E-state index in [1.54, 1.807) is 26.8 Å². The van der Waals surface area contributed by atoms with E-state index >= 15 is 0 Å². The lowest BCUT2D eigenvalue weighted by Crippen LogP contribution is -2.17. The summed E-state index contributed by atoms with van der Waals surface area (Å²) in [7, 11) is 0. The summed E-state index contributed by atoms with van der Waals surface area (Å²) in [5.41, 5.74) is -0.603. The van der Waals surface area contributed by atoms with E-state index in [9.17, 15) is 23.0 Å². The van der Waals surface area contributed by atoms with Crippen molar-refractivity contribution in [1.29, 1.82) is 5.26 Å². The van der Waals surface area contributed by atoms with E-state index in [0.29, 0.717) is 16.2 Å². The largest absolute Gasteiger partial charge is 0.611 e. The molecule has 3 rings (SSSR count). The first-order valence-corrected chi connectivity index (χ1v) is 9.62. The van der Waals surface area contributed by atoms with E-state index in [-0.39, 0.29) is 17.0 Å². The first-order valence-electron chi connectivity index (χ1n) is 8.30. The minimum absolute atomic E-state index is 0.00119. The Morgan fingerprint density at radius 1 is 1.21 bits per heavy atom. The third-order valence-corrected chi connectivity index (χ3v) is 5.58. The van der Waals surface area contributed by atoms with Gasteiger partial charge in [0.1, 0.15) is 17.1 Å². The van der Waals surface area contributed by atoms with Gasteiger partial charge < -0.3 is 4.55 Å². The van der Waals surface area contributed by atoms with Crippen LogP contribution < -0.4 is 0 Å². The highest BCUT2D eigenvalue weighted by atomic mass is 32.2. The lowest BCUT2D eigenvalue weighted by molar-refractivity contribution is -0.137. The topological polar surface area (TPSA) is 89.9 Å². The third kappa shape index (κ3) is 3.68. The standard InChI is InChI=1S/C18H16F3N5OS/c1-4-28(27)14-5-11(17(2,3)10-22)7-23-16(14)13-9-26-15(25-13)6-12(8-24-26)18(19,20)21/h5-9H,4H2,1-3H3. The molecule has 0 bridgehead atoms. The molecule has 0 aliphatic rings. The highest BCUT2D eigenvalue weighted by molar-refractivity contribution is 7.91. The van der Waals surface area contributed by atoms with Gasteiger partial charge in [-0.2, -0.15) is 23.5 Å². The summed E-state index contributed by atoms with van der Waals surface area (Å²) in [5.74, 6) is 0.314. The maximum absolute atomic E-state index is 12.9. The van der Waals surface area contributed by atoms with Crippen LogP contribution >= 0.6 is 0 Å². The first-order chi connectivity index (χ1) is 13.1. The van der Waals surface area contributed by atoms with Crippen LogP contribution in [0.1, 0.15) is 31.9 Å². The van der Waals surface area contributed by atoms with Crippen molar-refractivity contribution in [3.8, 4) is 17.5 Å². The Bertz CT molecular complexity index is 1070. The zero-order valence-electron chi connectivity index (χ0n) is 15.3. The van der Waals surface area contributed by atoms with Gasteiger partial charge in [-0.05, 0) is 43.6 Å². The number of alkyl halides is 3. The number of rotatable bonds is 4. The minimum atomic E-state index is -4.53. The van der Waals surface area contributed by atoms with Crippen molar-refractivity contribution < 1.29 is 17.7 Å². The van der Waals surface area contributed by atoms with Gasteiger partial charge in [0.2, 0.25) is 0 Å². The van der Waals surface area contributed by atoms with Crippen LogP contribution in [0, 0.1) is 11.3 Å². The van der Waals surface area contributed by atoms with Gasteiger partial charge in [-0.1, -0.05) is 0 Å². The zero-order chi connectivity index (χ0) is 20.7. The normalized spacial score (nSPS) is 13.5. The molecule has 0 radical (unpaired) electrons. The zero-order valence-corrected chi connectivity index (χ0v) is 16.1. The second-order valence-electron chi connectivity index (χ2n) is 6.61. The molecule has 0 aliphatic carbocycles. The highest BCUT2D eigenvalue weighted by Crippen LogP contribution is 2.32. The monoisotopic (exact) mass is 407 g/mol. The molecule has 0 fully saturated rings. The molecule has 0 aromatic carbocycles. The first kappa shape index (κ1) is 20.1. The smallest absolute Gasteiger partial charge is 0.418 e. The SMILES string of the molecule is CC[S+]([O-])c1cc(C(C)(C)C#N)cnc1-c1cn2ncc(C(F)(F)F)cc2n1. The van der Waals surface area contributed by atoms with Crippen molar-refractivity contribution >= 4 is 16.8 Å². The summed E-state index contributed by atoms with van der Waals surface area (Å²) in [5, 5.41) is 13.1. The van der Waals surface area contributed by atoms with Crippen LogP contribution in [0.15, 0.2) is 35.6 Å². The summed E-state index contributed by atoms with van der Waals surface area (Å²) >= 11 is -1.41. The molecule has 3 aromatic rings. The van der Waals surface area contributed by atoms with Gasteiger partial charge in [-0.15, -0.1) is 0 Å². The Morgan fingerprint density at radius 2 is 1.93 bits per heavy atom. The number of aromatic nitrogens is 4. The number of pyridine rings is 1.